The van der Waals surface area contributed by atoms with Crippen LogP contribution in [0.15, 0.2) is 53.6 Å². The summed E-state index contributed by atoms with van der Waals surface area (Å²) in [6, 6.07) is 11.4. The number of nitrogens with one attached hydrogen (secondary N) is 2. The summed E-state index contributed by atoms with van der Waals surface area (Å²) < 4.78 is 0. The number of phenolic OH excluding ortho intramolecular Hbond substituents is 1. The molecule has 8 heteroatoms. The van der Waals surface area contributed by atoms with E-state index in [0.29, 0.717) is 16.7 Å². The van der Waals surface area contributed by atoms with Crippen LogP contribution in [0.3, 0.4) is 0 Å². The summed E-state index contributed by atoms with van der Waals surface area (Å²) in [6.45, 7) is 0. The molecule has 0 saturated heterocycles. The monoisotopic (exact) mass is 337 g/mol. The molecule has 0 aliphatic carbocycles. The molecule has 0 unspecified atom stereocenters. The van der Waals surface area contributed by atoms with Gasteiger partial charge in [0, 0.05) is 11.6 Å². The molecular formula is C17H16BN3O4. The Morgan fingerprint density at radius 2 is 1.96 bits per heavy atom. The molecule has 4 N–H and O–H groups in total. The van der Waals surface area contributed by atoms with Crippen molar-refractivity contribution in [3.8, 4) is 5.75 Å². The third-order valence-corrected chi connectivity index (χ3v) is 3.32. The first-order valence-corrected chi connectivity index (χ1v) is 7.35. The normalized spacial score (nSPS) is 10.9. The summed E-state index contributed by atoms with van der Waals surface area (Å²) >= 11 is 0. The average molecular weight is 337 g/mol. The van der Waals surface area contributed by atoms with Crippen molar-refractivity contribution in [2.45, 2.75) is 0 Å². The van der Waals surface area contributed by atoms with Crippen molar-refractivity contribution in [3.63, 3.8) is 0 Å². The van der Waals surface area contributed by atoms with Crippen LogP contribution in [-0.2, 0) is 4.79 Å². The molecule has 0 atom stereocenters. The van der Waals surface area contributed by atoms with Gasteiger partial charge in [0.15, 0.2) is 0 Å². The molecule has 2 aromatic carbocycles. The molecule has 25 heavy (non-hydrogen) atoms. The van der Waals surface area contributed by atoms with Crippen LogP contribution in [0.5, 0.6) is 5.75 Å². The third-order valence-electron chi connectivity index (χ3n) is 3.32. The second-order valence-corrected chi connectivity index (χ2v) is 5.17. The minimum absolute atomic E-state index is 0.116. The van der Waals surface area contributed by atoms with Crippen molar-refractivity contribution in [1.82, 2.24) is 10.9 Å². The zero-order valence-corrected chi connectivity index (χ0v) is 13.4. The number of hydroxylamine groups is 1. The van der Waals surface area contributed by atoms with E-state index >= 15 is 0 Å². The highest BCUT2D eigenvalue weighted by Gasteiger charge is 2.04. The Balaban J connectivity index is 2.06. The van der Waals surface area contributed by atoms with E-state index < -0.39 is 11.8 Å². The molecule has 0 bridgehead atoms. The fourth-order valence-corrected chi connectivity index (χ4v) is 1.98. The molecule has 0 radical (unpaired) electrons. The molecule has 0 saturated carbocycles. The quantitative estimate of drug-likeness (QED) is 0.201. The highest BCUT2D eigenvalue weighted by molar-refractivity contribution is 6.35. The Labute approximate surface area is 145 Å². The zero-order chi connectivity index (χ0) is 18.2. The molecule has 7 nitrogen and oxygen atoms in total. The van der Waals surface area contributed by atoms with Crippen LogP contribution in [-0.4, -0.2) is 36.2 Å². The maximum absolute atomic E-state index is 12.1. The molecule has 0 aromatic heterocycles. The van der Waals surface area contributed by atoms with Crippen LogP contribution in [0.2, 0.25) is 0 Å². The molecule has 0 heterocycles. The Bertz CT molecular complexity index is 850. The summed E-state index contributed by atoms with van der Waals surface area (Å²) in [4.78, 5) is 23.1. The number of aromatic hydroxyl groups is 1. The van der Waals surface area contributed by atoms with Gasteiger partial charge in [-0.1, -0.05) is 23.7 Å². The number of hydrazone groups is 1. The van der Waals surface area contributed by atoms with Gasteiger partial charge in [-0.2, -0.15) is 5.10 Å². The van der Waals surface area contributed by atoms with Gasteiger partial charge in [-0.3, -0.25) is 14.8 Å². The number of amides is 2. The molecule has 126 valence electrons. The number of carbonyl (C=O) groups is 2. The van der Waals surface area contributed by atoms with E-state index in [9.17, 15) is 14.7 Å². The van der Waals surface area contributed by atoms with E-state index in [0.717, 1.165) is 11.5 Å². The van der Waals surface area contributed by atoms with E-state index in [-0.39, 0.29) is 5.75 Å². The Kier molecular flexibility index (Phi) is 6.08. The lowest BCUT2D eigenvalue weighted by Gasteiger charge is -2.03. The lowest BCUT2D eigenvalue weighted by atomic mass is 9.91. The van der Waals surface area contributed by atoms with Gasteiger partial charge in [0.2, 0.25) is 0 Å². The van der Waals surface area contributed by atoms with Crippen LogP contribution in [0.4, 0.5) is 0 Å². The van der Waals surface area contributed by atoms with Crippen molar-refractivity contribution in [3.05, 3.63) is 65.2 Å². The van der Waals surface area contributed by atoms with Crippen molar-refractivity contribution in [1.29, 1.82) is 0 Å². The number of rotatable bonds is 5. The first-order valence-electron chi connectivity index (χ1n) is 7.35. The van der Waals surface area contributed by atoms with Crippen molar-refractivity contribution in [2.24, 2.45) is 5.10 Å². The predicted octanol–water partition coefficient (Wildman–Crippen LogP) is -0.0669. The summed E-state index contributed by atoms with van der Waals surface area (Å²) in [7, 11) is 1.86. The molecule has 0 aliphatic rings. The highest BCUT2D eigenvalue weighted by atomic mass is 16.5. The number of carbonyl (C=O) groups excluding carboxylic acids is 2. The van der Waals surface area contributed by atoms with Crippen LogP contribution in [0.25, 0.3) is 6.08 Å². The fraction of sp³-hybridized carbons (Fsp3) is 0. The van der Waals surface area contributed by atoms with Crippen LogP contribution < -0.4 is 16.4 Å². The van der Waals surface area contributed by atoms with E-state index in [1.165, 1.54) is 17.8 Å². The number of phenols is 1. The first-order chi connectivity index (χ1) is 12.0. The smallest absolute Gasteiger partial charge is 0.271 e. The van der Waals surface area contributed by atoms with Gasteiger partial charge in [-0.25, -0.2) is 10.9 Å². The highest BCUT2D eigenvalue weighted by Crippen LogP contribution is 2.08. The summed E-state index contributed by atoms with van der Waals surface area (Å²) in [5.74, 6) is -0.971. The summed E-state index contributed by atoms with van der Waals surface area (Å²) in [6.07, 6.45) is 4.05. The molecule has 0 spiro atoms. The maximum atomic E-state index is 12.1. The second-order valence-electron chi connectivity index (χ2n) is 5.17. The lowest BCUT2D eigenvalue weighted by Crippen LogP contribution is -2.18. The number of hydrogen-bond donors (Lipinski definition) is 4. The van der Waals surface area contributed by atoms with Crippen molar-refractivity contribution in [2.75, 3.05) is 0 Å². The number of benzene rings is 2. The molecule has 0 fully saturated rings. The van der Waals surface area contributed by atoms with E-state index in [4.69, 9.17) is 5.21 Å². The minimum Gasteiger partial charge on any atom is -0.508 e. The van der Waals surface area contributed by atoms with Gasteiger partial charge in [0.1, 0.15) is 13.6 Å². The minimum atomic E-state index is -0.666. The largest absolute Gasteiger partial charge is 0.508 e. The Morgan fingerprint density at radius 1 is 1.16 bits per heavy atom. The average Bonchev–Trinajstić information content (AvgIpc) is 2.62. The van der Waals surface area contributed by atoms with Gasteiger partial charge >= 0.3 is 0 Å². The van der Waals surface area contributed by atoms with E-state index in [1.54, 1.807) is 42.5 Å². The third kappa shape index (κ3) is 5.33. The molecular weight excluding hydrogens is 321 g/mol. The topological polar surface area (TPSA) is 111 Å². The van der Waals surface area contributed by atoms with Crippen molar-refractivity contribution < 1.29 is 19.9 Å². The van der Waals surface area contributed by atoms with Crippen LogP contribution in [0.1, 0.15) is 21.5 Å². The van der Waals surface area contributed by atoms with Crippen LogP contribution in [0, 0.1) is 0 Å². The van der Waals surface area contributed by atoms with Crippen molar-refractivity contribution >= 4 is 37.4 Å². The Hall–Kier alpha value is -3.39. The molecule has 2 aromatic rings. The second kappa shape index (κ2) is 8.46. The SMILES string of the molecule is Bc1ccc(O)cc1/C=N/NC(=O)c1cccc(/C=C/C(=O)NO)c1. The maximum Gasteiger partial charge on any atom is 0.271 e. The summed E-state index contributed by atoms with van der Waals surface area (Å²) in [5, 5.41) is 21.8. The van der Waals surface area contributed by atoms with Gasteiger partial charge in [-0.15, -0.1) is 0 Å². The molecule has 2 rings (SSSR count). The van der Waals surface area contributed by atoms with E-state index in [1.807, 2.05) is 7.85 Å². The van der Waals surface area contributed by atoms with Gasteiger partial charge in [0.25, 0.3) is 11.8 Å². The lowest BCUT2D eigenvalue weighted by molar-refractivity contribution is -0.124. The van der Waals surface area contributed by atoms with Gasteiger partial charge in [0.05, 0.1) is 6.21 Å². The standard InChI is InChI=1S/C17H16BN3O4/c18-15-6-5-14(22)9-13(15)10-19-20-17(24)12-3-1-2-11(8-12)4-7-16(23)21-25/h1-10,22,25H,18H2,(H,20,24)(H,21,23)/b7-4+,19-10+. The zero-order valence-electron chi connectivity index (χ0n) is 13.4. The number of nitrogens with zero attached hydrogens (tertiary/aromatic N) is 1. The molecule has 0 aliphatic heterocycles. The number of hydrogen-bond acceptors (Lipinski definition) is 5. The molecule has 2 amide bonds. The predicted molar refractivity (Wildman–Crippen MR) is 96.8 cm³/mol. The van der Waals surface area contributed by atoms with E-state index in [2.05, 4.69) is 10.5 Å². The fourth-order valence-electron chi connectivity index (χ4n) is 1.98. The van der Waals surface area contributed by atoms with Crippen LogP contribution >= 0.6 is 0 Å². The van der Waals surface area contributed by atoms with Gasteiger partial charge < -0.3 is 5.11 Å². The van der Waals surface area contributed by atoms with Gasteiger partial charge in [-0.05, 0) is 41.5 Å². The summed E-state index contributed by atoms with van der Waals surface area (Å²) in [5.41, 5.74) is 6.45. The first kappa shape index (κ1) is 18.0. The Morgan fingerprint density at radius 3 is 2.72 bits per heavy atom.